The number of nitrogens with one attached hydrogen (secondary N) is 2. The van der Waals surface area contributed by atoms with Gasteiger partial charge in [0.2, 0.25) is 10.0 Å². The maximum absolute atomic E-state index is 12.1. The van der Waals surface area contributed by atoms with Gasteiger partial charge in [-0.2, -0.15) is 8.78 Å². The lowest BCUT2D eigenvalue weighted by Crippen LogP contribution is -2.28. The van der Waals surface area contributed by atoms with Gasteiger partial charge >= 0.3 is 12.6 Å². The van der Waals surface area contributed by atoms with E-state index in [9.17, 15) is 26.8 Å². The van der Waals surface area contributed by atoms with E-state index in [0.717, 1.165) is 0 Å². The van der Waals surface area contributed by atoms with Crippen molar-refractivity contribution in [3.63, 3.8) is 0 Å². The summed E-state index contributed by atoms with van der Waals surface area (Å²) in [4.78, 5) is 23.4. The molecule has 0 aliphatic heterocycles. The standard InChI is InChI=1S/C18H17ClF2N2O6S/c19-12-2-1-3-15(10-12)30(26,27)22-9-8-17(25)28-11-16(24)23-13-4-6-14(7-5-13)29-18(20)21/h1-7,10,18,22H,8-9,11H2,(H,23,24). The summed E-state index contributed by atoms with van der Waals surface area (Å²) in [6.07, 6.45) is -0.299. The smallest absolute Gasteiger partial charge is 0.387 e. The maximum Gasteiger partial charge on any atom is 0.387 e. The fourth-order valence-corrected chi connectivity index (χ4v) is 3.47. The van der Waals surface area contributed by atoms with Gasteiger partial charge in [0.05, 0.1) is 11.3 Å². The predicted molar refractivity (Wildman–Crippen MR) is 104 cm³/mol. The molecule has 0 fully saturated rings. The topological polar surface area (TPSA) is 111 Å². The number of amides is 1. The molecule has 1 amide bonds. The molecule has 2 N–H and O–H groups in total. The van der Waals surface area contributed by atoms with E-state index in [1.807, 2.05) is 0 Å². The molecular weight excluding hydrogens is 446 g/mol. The van der Waals surface area contributed by atoms with Crippen LogP contribution in [0.15, 0.2) is 53.4 Å². The van der Waals surface area contributed by atoms with E-state index in [0.29, 0.717) is 0 Å². The van der Waals surface area contributed by atoms with E-state index in [2.05, 4.69) is 14.8 Å². The Morgan fingerprint density at radius 1 is 1.10 bits per heavy atom. The third-order valence-corrected chi connectivity index (χ3v) is 5.15. The Kier molecular flexibility index (Phi) is 8.51. The Morgan fingerprint density at radius 3 is 2.43 bits per heavy atom. The Balaban J connectivity index is 1.72. The van der Waals surface area contributed by atoms with Crippen LogP contribution >= 0.6 is 11.6 Å². The summed E-state index contributed by atoms with van der Waals surface area (Å²) in [7, 11) is -3.84. The van der Waals surface area contributed by atoms with Crippen LogP contribution in [0.1, 0.15) is 6.42 Å². The number of carbonyl (C=O) groups is 2. The van der Waals surface area contributed by atoms with Crippen molar-refractivity contribution in [2.45, 2.75) is 17.9 Å². The first-order valence-electron chi connectivity index (χ1n) is 8.41. The van der Waals surface area contributed by atoms with Crippen molar-refractivity contribution in [2.75, 3.05) is 18.5 Å². The minimum atomic E-state index is -3.84. The lowest BCUT2D eigenvalue weighted by molar-refractivity contribution is -0.147. The van der Waals surface area contributed by atoms with Crippen molar-refractivity contribution < 1.29 is 36.3 Å². The molecule has 0 unspecified atom stereocenters. The minimum Gasteiger partial charge on any atom is -0.456 e. The van der Waals surface area contributed by atoms with E-state index in [1.165, 1.54) is 48.5 Å². The summed E-state index contributed by atoms with van der Waals surface area (Å²) in [5, 5.41) is 2.65. The highest BCUT2D eigenvalue weighted by Crippen LogP contribution is 2.18. The zero-order valence-corrected chi connectivity index (χ0v) is 16.9. The molecule has 0 aliphatic rings. The molecule has 30 heavy (non-hydrogen) atoms. The van der Waals surface area contributed by atoms with Crippen molar-refractivity contribution in [2.24, 2.45) is 0 Å². The Labute approximate surface area is 176 Å². The highest BCUT2D eigenvalue weighted by molar-refractivity contribution is 7.89. The lowest BCUT2D eigenvalue weighted by atomic mass is 10.3. The second kappa shape index (κ2) is 10.9. The molecule has 0 heterocycles. The zero-order chi connectivity index (χ0) is 22.1. The van der Waals surface area contributed by atoms with Gasteiger partial charge in [-0.05, 0) is 42.5 Å². The largest absolute Gasteiger partial charge is 0.456 e. The van der Waals surface area contributed by atoms with Crippen LogP contribution in [0.3, 0.4) is 0 Å². The number of carbonyl (C=O) groups excluding carboxylic acids is 2. The van der Waals surface area contributed by atoms with Crippen molar-refractivity contribution in [1.82, 2.24) is 4.72 Å². The van der Waals surface area contributed by atoms with Gasteiger partial charge < -0.3 is 14.8 Å². The molecule has 0 radical (unpaired) electrons. The van der Waals surface area contributed by atoms with Crippen LogP contribution in [0.4, 0.5) is 14.5 Å². The molecule has 8 nitrogen and oxygen atoms in total. The molecule has 0 spiro atoms. The van der Waals surface area contributed by atoms with Crippen LogP contribution in [0.2, 0.25) is 5.02 Å². The number of anilines is 1. The van der Waals surface area contributed by atoms with Crippen LogP contribution in [0.5, 0.6) is 5.75 Å². The van der Waals surface area contributed by atoms with Gasteiger partial charge in [0.25, 0.3) is 5.91 Å². The highest BCUT2D eigenvalue weighted by Gasteiger charge is 2.15. The third-order valence-electron chi connectivity index (χ3n) is 3.46. The number of hydrogen-bond acceptors (Lipinski definition) is 6. The van der Waals surface area contributed by atoms with Crippen molar-refractivity contribution >= 4 is 39.2 Å². The summed E-state index contributed by atoms with van der Waals surface area (Å²) in [5.74, 6) is -1.53. The van der Waals surface area contributed by atoms with Gasteiger partial charge in [0, 0.05) is 17.3 Å². The second-order valence-corrected chi connectivity index (χ2v) is 7.92. The molecular formula is C18H17ClF2N2O6S. The van der Waals surface area contributed by atoms with Crippen LogP contribution in [-0.2, 0) is 24.3 Å². The van der Waals surface area contributed by atoms with E-state index < -0.39 is 35.1 Å². The zero-order valence-electron chi connectivity index (χ0n) is 15.3. The molecule has 2 aromatic rings. The monoisotopic (exact) mass is 462 g/mol. The minimum absolute atomic E-state index is 0.0484. The predicted octanol–water partition coefficient (Wildman–Crippen LogP) is 2.79. The summed E-state index contributed by atoms with van der Waals surface area (Å²) in [6, 6.07) is 10.8. The SMILES string of the molecule is O=C(COC(=O)CCNS(=O)(=O)c1cccc(Cl)c1)Nc1ccc(OC(F)F)cc1. The fraction of sp³-hybridized carbons (Fsp3) is 0.222. The fourth-order valence-electron chi connectivity index (χ4n) is 2.14. The average Bonchev–Trinajstić information content (AvgIpc) is 2.67. The van der Waals surface area contributed by atoms with Gasteiger partial charge in [0.1, 0.15) is 5.75 Å². The maximum atomic E-state index is 12.1. The van der Waals surface area contributed by atoms with Crippen LogP contribution in [0.25, 0.3) is 0 Å². The number of esters is 1. The summed E-state index contributed by atoms with van der Waals surface area (Å²) >= 11 is 5.75. The van der Waals surface area contributed by atoms with Gasteiger partial charge in [-0.3, -0.25) is 9.59 Å². The Hall–Kier alpha value is -2.76. The van der Waals surface area contributed by atoms with E-state index in [4.69, 9.17) is 16.3 Å². The van der Waals surface area contributed by atoms with Crippen molar-refractivity contribution in [3.05, 3.63) is 53.6 Å². The normalized spacial score (nSPS) is 11.2. The molecule has 0 bridgehead atoms. The number of ether oxygens (including phenoxy) is 2. The van der Waals surface area contributed by atoms with Gasteiger partial charge in [0.15, 0.2) is 6.61 Å². The molecule has 2 rings (SSSR count). The Morgan fingerprint density at radius 2 is 1.80 bits per heavy atom. The molecule has 0 saturated heterocycles. The van der Waals surface area contributed by atoms with Gasteiger partial charge in [-0.25, -0.2) is 13.1 Å². The van der Waals surface area contributed by atoms with E-state index >= 15 is 0 Å². The van der Waals surface area contributed by atoms with E-state index in [-0.39, 0.29) is 34.3 Å². The van der Waals surface area contributed by atoms with Crippen LogP contribution < -0.4 is 14.8 Å². The van der Waals surface area contributed by atoms with Crippen molar-refractivity contribution in [3.8, 4) is 5.75 Å². The molecule has 0 atom stereocenters. The number of hydrogen-bond donors (Lipinski definition) is 2. The number of alkyl halides is 2. The van der Waals surface area contributed by atoms with Crippen molar-refractivity contribution in [1.29, 1.82) is 0 Å². The molecule has 162 valence electrons. The van der Waals surface area contributed by atoms with Crippen LogP contribution in [0, 0.1) is 0 Å². The average molecular weight is 463 g/mol. The first kappa shape index (κ1) is 23.5. The van der Waals surface area contributed by atoms with Gasteiger partial charge in [-0.1, -0.05) is 17.7 Å². The van der Waals surface area contributed by atoms with Crippen LogP contribution in [-0.4, -0.2) is 40.1 Å². The third kappa shape index (κ3) is 7.93. The molecule has 2 aromatic carbocycles. The molecule has 0 aromatic heterocycles. The van der Waals surface area contributed by atoms with Gasteiger partial charge in [-0.15, -0.1) is 0 Å². The first-order chi connectivity index (χ1) is 14.2. The molecule has 12 heteroatoms. The Bertz CT molecular complexity index is 986. The highest BCUT2D eigenvalue weighted by atomic mass is 35.5. The summed E-state index contributed by atoms with van der Waals surface area (Å²) in [6.45, 7) is -3.80. The lowest BCUT2D eigenvalue weighted by Gasteiger charge is -2.09. The number of rotatable bonds is 10. The summed E-state index contributed by atoms with van der Waals surface area (Å²) < 4.78 is 59.5. The second-order valence-electron chi connectivity index (χ2n) is 5.72. The molecule has 0 aliphatic carbocycles. The molecule has 0 saturated carbocycles. The van der Waals surface area contributed by atoms with E-state index in [1.54, 1.807) is 0 Å². The summed E-state index contributed by atoms with van der Waals surface area (Å²) in [5.41, 5.74) is 0.284. The number of benzene rings is 2. The number of halogens is 3. The quantitative estimate of drug-likeness (QED) is 0.525. The first-order valence-corrected chi connectivity index (χ1v) is 10.3. The number of sulfonamides is 1.